The summed E-state index contributed by atoms with van der Waals surface area (Å²) in [5.74, 6) is 1.65. The van der Waals surface area contributed by atoms with Gasteiger partial charge in [0.1, 0.15) is 23.0 Å². The van der Waals surface area contributed by atoms with Crippen LogP contribution < -0.4 is 4.74 Å². The van der Waals surface area contributed by atoms with Gasteiger partial charge in [-0.15, -0.1) is 0 Å². The van der Waals surface area contributed by atoms with Crippen molar-refractivity contribution < 1.29 is 17.6 Å². The van der Waals surface area contributed by atoms with E-state index < -0.39 is 10.0 Å². The number of hydrogen-bond acceptors (Lipinski definition) is 5. The number of sulfonamides is 1. The normalized spacial score (nSPS) is 11.9. The van der Waals surface area contributed by atoms with Gasteiger partial charge in [0.05, 0.1) is 24.8 Å². The second-order valence-corrected chi connectivity index (χ2v) is 10.3. The Labute approximate surface area is 210 Å². The van der Waals surface area contributed by atoms with Crippen molar-refractivity contribution in [2.45, 2.75) is 24.9 Å². The highest BCUT2D eigenvalue weighted by molar-refractivity contribution is 7.89. The van der Waals surface area contributed by atoms with Crippen LogP contribution in [0.25, 0.3) is 0 Å². The molecule has 0 amide bonds. The fourth-order valence-corrected chi connectivity index (χ4v) is 4.99. The number of hydrogen-bond donors (Lipinski definition) is 0. The zero-order chi connectivity index (χ0) is 24.8. The lowest BCUT2D eigenvalue weighted by Crippen LogP contribution is -2.30. The first-order valence-corrected chi connectivity index (χ1v) is 12.7. The predicted molar refractivity (Wildman–Crippen MR) is 138 cm³/mol. The fourth-order valence-electron chi connectivity index (χ4n) is 3.47. The molecule has 0 atom stereocenters. The van der Waals surface area contributed by atoms with Gasteiger partial charge in [0.15, 0.2) is 0 Å². The van der Waals surface area contributed by atoms with Gasteiger partial charge in [0.25, 0.3) is 0 Å². The van der Waals surface area contributed by atoms with Crippen LogP contribution >= 0.6 is 11.6 Å². The molecule has 0 aliphatic carbocycles. The molecule has 1 aromatic heterocycles. The molecule has 35 heavy (non-hydrogen) atoms. The highest BCUT2D eigenvalue weighted by atomic mass is 35.5. The highest BCUT2D eigenvalue weighted by Crippen LogP contribution is 2.27. The van der Waals surface area contributed by atoms with E-state index in [-0.39, 0.29) is 18.0 Å². The fraction of sp³-hybridized carbons (Fsp3) is 0.148. The summed E-state index contributed by atoms with van der Waals surface area (Å²) in [6.07, 6.45) is 1.58. The van der Waals surface area contributed by atoms with E-state index in [4.69, 9.17) is 20.8 Å². The van der Waals surface area contributed by atoms with Crippen molar-refractivity contribution in [1.82, 2.24) is 4.31 Å². The lowest BCUT2D eigenvalue weighted by atomic mass is 10.2. The maximum absolute atomic E-state index is 13.5. The van der Waals surface area contributed by atoms with Gasteiger partial charge >= 0.3 is 0 Å². The molecule has 0 bridgehead atoms. The SMILES string of the molecule is COc1ccccc1N=Cc1ccc(CN(Cc2ccc(Cl)cc2)S(=O)(=O)c2ccc(C)cc2)o1. The highest BCUT2D eigenvalue weighted by Gasteiger charge is 2.26. The molecule has 8 heteroatoms. The molecule has 0 spiro atoms. The molecule has 0 saturated carbocycles. The van der Waals surface area contributed by atoms with Crippen LogP contribution in [-0.4, -0.2) is 26.0 Å². The third-order valence-corrected chi connectivity index (χ3v) is 7.42. The van der Waals surface area contributed by atoms with Crippen molar-refractivity contribution in [3.05, 3.63) is 113 Å². The molecule has 0 aliphatic heterocycles. The van der Waals surface area contributed by atoms with Crippen molar-refractivity contribution >= 4 is 33.5 Å². The summed E-state index contributed by atoms with van der Waals surface area (Å²) in [4.78, 5) is 4.66. The Morgan fingerprint density at radius 3 is 2.37 bits per heavy atom. The first kappa shape index (κ1) is 24.7. The van der Waals surface area contributed by atoms with E-state index in [2.05, 4.69) is 4.99 Å². The van der Waals surface area contributed by atoms with Crippen LogP contribution in [0.2, 0.25) is 5.02 Å². The molecular weight excluding hydrogens is 484 g/mol. The summed E-state index contributed by atoms with van der Waals surface area (Å²) in [6, 6.07) is 24.8. The zero-order valence-electron chi connectivity index (χ0n) is 19.4. The van der Waals surface area contributed by atoms with Gasteiger partial charge in [-0.1, -0.05) is 53.6 Å². The van der Waals surface area contributed by atoms with E-state index in [1.165, 1.54) is 4.31 Å². The average Bonchev–Trinajstić information content (AvgIpc) is 3.31. The lowest BCUT2D eigenvalue weighted by Gasteiger charge is -2.21. The Hall–Kier alpha value is -3.39. The van der Waals surface area contributed by atoms with Crippen LogP contribution in [0.3, 0.4) is 0 Å². The Morgan fingerprint density at radius 2 is 1.66 bits per heavy atom. The largest absolute Gasteiger partial charge is 0.494 e. The van der Waals surface area contributed by atoms with Gasteiger partial charge in [0.2, 0.25) is 10.0 Å². The summed E-state index contributed by atoms with van der Waals surface area (Å²) >= 11 is 6.01. The van der Waals surface area contributed by atoms with E-state index in [0.717, 1.165) is 11.1 Å². The summed E-state index contributed by atoms with van der Waals surface area (Å²) in [7, 11) is -2.20. The van der Waals surface area contributed by atoms with Crippen molar-refractivity contribution in [1.29, 1.82) is 0 Å². The minimum Gasteiger partial charge on any atom is -0.494 e. The van der Waals surface area contributed by atoms with Gasteiger partial charge in [-0.05, 0) is 61.0 Å². The molecular formula is C27H25ClN2O4S. The molecule has 4 rings (SSSR count). The third-order valence-electron chi connectivity index (χ3n) is 5.36. The van der Waals surface area contributed by atoms with Crippen molar-refractivity contribution in [2.24, 2.45) is 4.99 Å². The zero-order valence-corrected chi connectivity index (χ0v) is 21.0. The van der Waals surface area contributed by atoms with Gasteiger partial charge in [-0.3, -0.25) is 0 Å². The number of furan rings is 1. The van der Waals surface area contributed by atoms with Crippen molar-refractivity contribution in [3.63, 3.8) is 0 Å². The van der Waals surface area contributed by atoms with E-state index >= 15 is 0 Å². The standard InChI is InChI=1S/C27H25ClN2O4S/c1-20-7-15-25(16-8-20)35(31,32)30(18-21-9-11-22(28)12-10-21)19-24-14-13-23(34-24)17-29-26-5-3-4-6-27(26)33-2/h3-17H,18-19H2,1-2H3. The van der Waals surface area contributed by atoms with Crippen LogP contribution in [0.5, 0.6) is 5.75 Å². The molecule has 0 radical (unpaired) electrons. The van der Waals surface area contributed by atoms with Gasteiger partial charge in [-0.25, -0.2) is 13.4 Å². The number of rotatable bonds is 9. The predicted octanol–water partition coefficient (Wildman–Crippen LogP) is 6.39. The number of para-hydroxylation sites is 2. The molecule has 180 valence electrons. The second kappa shape index (κ2) is 10.9. The van der Waals surface area contributed by atoms with Gasteiger partial charge in [-0.2, -0.15) is 4.31 Å². The van der Waals surface area contributed by atoms with E-state index in [0.29, 0.717) is 28.0 Å². The third kappa shape index (κ3) is 6.19. The molecule has 0 unspecified atom stereocenters. The lowest BCUT2D eigenvalue weighted by molar-refractivity contribution is 0.357. The maximum Gasteiger partial charge on any atom is 0.243 e. The van der Waals surface area contributed by atoms with E-state index in [1.54, 1.807) is 61.9 Å². The summed E-state index contributed by atoms with van der Waals surface area (Å²) in [5, 5.41) is 0.590. The van der Waals surface area contributed by atoms with E-state index in [1.807, 2.05) is 43.3 Å². The molecule has 3 aromatic carbocycles. The van der Waals surface area contributed by atoms with Crippen LogP contribution in [0.15, 0.2) is 99.2 Å². The number of halogens is 1. The summed E-state index contributed by atoms with van der Waals surface area (Å²) in [6.45, 7) is 2.14. The molecule has 1 heterocycles. The van der Waals surface area contributed by atoms with E-state index in [9.17, 15) is 8.42 Å². The number of aliphatic imine (C=N–C) groups is 1. The van der Waals surface area contributed by atoms with Crippen LogP contribution in [0.1, 0.15) is 22.6 Å². The topological polar surface area (TPSA) is 72.1 Å². The quantitative estimate of drug-likeness (QED) is 0.245. The number of ether oxygens (including phenoxy) is 1. The first-order chi connectivity index (χ1) is 16.8. The maximum atomic E-state index is 13.5. The van der Waals surface area contributed by atoms with Gasteiger partial charge in [0, 0.05) is 11.6 Å². The Kier molecular flexibility index (Phi) is 7.70. The van der Waals surface area contributed by atoms with Crippen molar-refractivity contribution in [2.75, 3.05) is 7.11 Å². The number of nitrogens with zero attached hydrogens (tertiary/aromatic N) is 2. The number of aryl methyl sites for hydroxylation is 1. The molecule has 0 aliphatic rings. The Balaban J connectivity index is 1.59. The Bertz CT molecular complexity index is 1410. The molecule has 0 N–H and O–H groups in total. The van der Waals surface area contributed by atoms with Crippen LogP contribution in [0.4, 0.5) is 5.69 Å². The number of benzene rings is 3. The second-order valence-electron chi connectivity index (χ2n) is 7.95. The monoisotopic (exact) mass is 508 g/mol. The first-order valence-electron chi connectivity index (χ1n) is 10.9. The van der Waals surface area contributed by atoms with Gasteiger partial charge < -0.3 is 9.15 Å². The summed E-state index contributed by atoms with van der Waals surface area (Å²) in [5.41, 5.74) is 2.46. The molecule has 0 saturated heterocycles. The smallest absolute Gasteiger partial charge is 0.243 e. The Morgan fingerprint density at radius 1 is 0.943 bits per heavy atom. The average molecular weight is 509 g/mol. The summed E-state index contributed by atoms with van der Waals surface area (Å²) < 4.78 is 39.7. The molecule has 6 nitrogen and oxygen atoms in total. The van der Waals surface area contributed by atoms with Crippen molar-refractivity contribution in [3.8, 4) is 5.75 Å². The van der Waals surface area contributed by atoms with Crippen LogP contribution in [0, 0.1) is 6.92 Å². The van der Waals surface area contributed by atoms with Crippen LogP contribution in [-0.2, 0) is 23.1 Å². The molecule has 4 aromatic rings. The minimum atomic E-state index is -3.79. The minimum absolute atomic E-state index is 0.0569. The molecule has 0 fully saturated rings. The number of methoxy groups -OCH3 is 1.